The van der Waals surface area contributed by atoms with Crippen molar-refractivity contribution in [2.75, 3.05) is 0 Å². The summed E-state index contributed by atoms with van der Waals surface area (Å²) >= 11 is 5.70. The van der Waals surface area contributed by atoms with E-state index in [4.69, 9.17) is 20.9 Å². The molecular weight excluding hydrogens is 369 g/mol. The molecule has 0 N–H and O–H groups in total. The van der Waals surface area contributed by atoms with Gasteiger partial charge in [0.25, 0.3) is 11.6 Å². The number of esters is 1. The zero-order chi connectivity index (χ0) is 18.7. The van der Waals surface area contributed by atoms with Crippen LogP contribution in [0.2, 0.25) is 5.02 Å². The summed E-state index contributed by atoms with van der Waals surface area (Å²) in [5, 5.41) is 14.8. The van der Waals surface area contributed by atoms with E-state index in [1.54, 1.807) is 0 Å². The van der Waals surface area contributed by atoms with Gasteiger partial charge < -0.3 is 9.26 Å². The first-order chi connectivity index (χ1) is 12.4. The van der Waals surface area contributed by atoms with Crippen LogP contribution in [0.3, 0.4) is 0 Å². The molecule has 0 atom stereocenters. The van der Waals surface area contributed by atoms with Gasteiger partial charge in [-0.15, -0.1) is 0 Å². The lowest BCUT2D eigenvalue weighted by atomic mass is 10.2. The monoisotopic (exact) mass is 377 g/mol. The van der Waals surface area contributed by atoms with Gasteiger partial charge in [0.15, 0.2) is 6.61 Å². The van der Waals surface area contributed by atoms with Crippen molar-refractivity contribution >= 4 is 23.3 Å². The van der Waals surface area contributed by atoms with Crippen molar-refractivity contribution in [3.63, 3.8) is 0 Å². The smallest absolute Gasteiger partial charge is 0.345 e. The zero-order valence-corrected chi connectivity index (χ0v) is 13.6. The summed E-state index contributed by atoms with van der Waals surface area (Å²) in [5.74, 6) is -1.17. The maximum absolute atomic E-state index is 12.9. The second kappa shape index (κ2) is 7.28. The molecular formula is C16H9ClFN3O5. The second-order valence-corrected chi connectivity index (χ2v) is 5.45. The largest absolute Gasteiger partial charge is 0.452 e. The number of aromatic nitrogens is 2. The van der Waals surface area contributed by atoms with Crippen LogP contribution in [-0.4, -0.2) is 21.0 Å². The van der Waals surface area contributed by atoms with Crippen molar-refractivity contribution in [2.45, 2.75) is 6.61 Å². The molecule has 0 aliphatic carbocycles. The van der Waals surface area contributed by atoms with Crippen LogP contribution in [0, 0.1) is 15.9 Å². The molecule has 0 saturated carbocycles. The number of halogens is 2. The van der Waals surface area contributed by atoms with Crippen molar-refractivity contribution in [1.82, 2.24) is 10.1 Å². The maximum atomic E-state index is 12.9. The number of nitrogens with zero attached hydrogens (tertiary/aromatic N) is 3. The molecule has 0 spiro atoms. The fourth-order valence-electron chi connectivity index (χ4n) is 2.06. The number of nitro benzene ring substituents is 1. The Balaban J connectivity index is 1.71. The van der Waals surface area contributed by atoms with Crippen LogP contribution in [0.15, 0.2) is 47.0 Å². The van der Waals surface area contributed by atoms with Crippen molar-refractivity contribution in [2.24, 2.45) is 0 Å². The Morgan fingerprint density at radius 1 is 1.27 bits per heavy atom. The van der Waals surface area contributed by atoms with E-state index in [2.05, 4.69) is 10.1 Å². The highest BCUT2D eigenvalue weighted by molar-refractivity contribution is 6.31. The lowest BCUT2D eigenvalue weighted by Crippen LogP contribution is -2.08. The number of carbonyl (C=O) groups is 1. The molecule has 0 amide bonds. The highest BCUT2D eigenvalue weighted by Gasteiger charge is 2.22. The average molecular weight is 378 g/mol. The van der Waals surface area contributed by atoms with Crippen LogP contribution in [0.4, 0.5) is 10.1 Å². The lowest BCUT2D eigenvalue weighted by molar-refractivity contribution is -0.385. The van der Waals surface area contributed by atoms with E-state index in [0.29, 0.717) is 5.56 Å². The predicted octanol–water partition coefficient (Wildman–Crippen LogP) is 3.79. The van der Waals surface area contributed by atoms with Crippen LogP contribution in [0.1, 0.15) is 16.2 Å². The highest BCUT2D eigenvalue weighted by atomic mass is 35.5. The lowest BCUT2D eigenvalue weighted by Gasteiger charge is -2.03. The van der Waals surface area contributed by atoms with Crippen LogP contribution in [-0.2, 0) is 11.3 Å². The molecule has 0 unspecified atom stereocenters. The number of nitro groups is 1. The number of hydrogen-bond acceptors (Lipinski definition) is 7. The standard InChI is InChI=1S/C16H9ClFN3O5/c17-10-3-6-12(13(7-10)21(23)24)16(22)25-8-14-19-15(20-26-14)9-1-4-11(18)5-2-9/h1-7H,8H2. The minimum absolute atomic E-state index is 0.0192. The Morgan fingerprint density at radius 3 is 2.69 bits per heavy atom. The molecule has 1 heterocycles. The first-order valence-corrected chi connectivity index (χ1v) is 7.51. The number of hydrogen-bond donors (Lipinski definition) is 0. The van der Waals surface area contributed by atoms with Gasteiger partial charge in [0.2, 0.25) is 5.82 Å². The SMILES string of the molecule is O=C(OCc1nc(-c2ccc(F)cc2)no1)c1ccc(Cl)cc1[N+](=O)[O-]. The Morgan fingerprint density at radius 2 is 2.00 bits per heavy atom. The molecule has 3 aromatic rings. The van der Waals surface area contributed by atoms with E-state index < -0.39 is 22.4 Å². The number of ether oxygens (including phenoxy) is 1. The van der Waals surface area contributed by atoms with Crippen LogP contribution >= 0.6 is 11.6 Å². The van der Waals surface area contributed by atoms with Gasteiger partial charge in [-0.25, -0.2) is 9.18 Å². The Bertz CT molecular complexity index is 974. The third kappa shape index (κ3) is 3.83. The topological polar surface area (TPSA) is 108 Å². The summed E-state index contributed by atoms with van der Waals surface area (Å²) in [4.78, 5) is 26.4. The normalized spacial score (nSPS) is 10.5. The number of carbonyl (C=O) groups excluding carboxylic acids is 1. The molecule has 0 aliphatic rings. The van der Waals surface area contributed by atoms with Gasteiger partial charge in [-0.05, 0) is 36.4 Å². The van der Waals surface area contributed by atoms with Crippen molar-refractivity contribution in [1.29, 1.82) is 0 Å². The van der Waals surface area contributed by atoms with Crippen molar-refractivity contribution in [3.8, 4) is 11.4 Å². The quantitative estimate of drug-likeness (QED) is 0.378. The van der Waals surface area contributed by atoms with Crippen LogP contribution < -0.4 is 0 Å². The molecule has 8 nitrogen and oxygen atoms in total. The van der Waals surface area contributed by atoms with Crippen LogP contribution in [0.5, 0.6) is 0 Å². The number of rotatable bonds is 5. The third-order valence-corrected chi connectivity index (χ3v) is 3.51. The fourth-order valence-corrected chi connectivity index (χ4v) is 2.23. The summed E-state index contributed by atoms with van der Waals surface area (Å²) in [6.45, 7) is -0.382. The number of benzene rings is 2. The molecule has 0 bridgehead atoms. The molecule has 10 heteroatoms. The van der Waals surface area contributed by atoms with E-state index in [-0.39, 0.29) is 28.9 Å². The molecule has 0 aliphatic heterocycles. The minimum atomic E-state index is -0.935. The molecule has 0 saturated heterocycles. The Hall–Kier alpha value is -3.33. The Kier molecular flexibility index (Phi) is 4.90. The van der Waals surface area contributed by atoms with E-state index >= 15 is 0 Å². The average Bonchev–Trinajstić information content (AvgIpc) is 3.09. The van der Waals surface area contributed by atoms with Gasteiger partial charge in [0, 0.05) is 16.7 Å². The molecule has 0 fully saturated rings. The maximum Gasteiger partial charge on any atom is 0.345 e. The van der Waals surface area contributed by atoms with Gasteiger partial charge in [-0.2, -0.15) is 4.98 Å². The van der Waals surface area contributed by atoms with Gasteiger partial charge in [0.1, 0.15) is 11.4 Å². The van der Waals surface area contributed by atoms with E-state index in [1.807, 2.05) is 0 Å². The van der Waals surface area contributed by atoms with Gasteiger partial charge >= 0.3 is 5.97 Å². The van der Waals surface area contributed by atoms with Crippen LogP contribution in [0.25, 0.3) is 11.4 Å². The fraction of sp³-hybridized carbons (Fsp3) is 0.0625. The molecule has 3 rings (SSSR count). The second-order valence-electron chi connectivity index (χ2n) is 5.01. The first kappa shape index (κ1) is 17.5. The highest BCUT2D eigenvalue weighted by Crippen LogP contribution is 2.24. The molecule has 2 aromatic carbocycles. The van der Waals surface area contributed by atoms with Gasteiger partial charge in [-0.1, -0.05) is 16.8 Å². The molecule has 132 valence electrons. The molecule has 0 radical (unpaired) electrons. The molecule has 1 aromatic heterocycles. The van der Waals surface area contributed by atoms with E-state index in [0.717, 1.165) is 6.07 Å². The van der Waals surface area contributed by atoms with Gasteiger partial charge in [0.05, 0.1) is 4.92 Å². The van der Waals surface area contributed by atoms with E-state index in [9.17, 15) is 19.3 Å². The summed E-state index contributed by atoms with van der Waals surface area (Å²) in [6, 6.07) is 9.00. The summed E-state index contributed by atoms with van der Waals surface area (Å²) in [5.41, 5.74) is -0.209. The first-order valence-electron chi connectivity index (χ1n) is 7.13. The summed E-state index contributed by atoms with van der Waals surface area (Å²) in [6.07, 6.45) is 0. The molecule has 26 heavy (non-hydrogen) atoms. The summed E-state index contributed by atoms with van der Waals surface area (Å²) in [7, 11) is 0. The van der Waals surface area contributed by atoms with Crippen molar-refractivity contribution in [3.05, 3.63) is 74.9 Å². The zero-order valence-electron chi connectivity index (χ0n) is 12.9. The summed E-state index contributed by atoms with van der Waals surface area (Å²) < 4.78 is 22.8. The minimum Gasteiger partial charge on any atom is -0.452 e. The van der Waals surface area contributed by atoms with Crippen molar-refractivity contribution < 1.29 is 23.4 Å². The predicted molar refractivity (Wildman–Crippen MR) is 86.9 cm³/mol. The third-order valence-electron chi connectivity index (χ3n) is 3.27. The Labute approximate surface area is 150 Å². The van der Waals surface area contributed by atoms with E-state index in [1.165, 1.54) is 36.4 Å². The van der Waals surface area contributed by atoms with Gasteiger partial charge in [-0.3, -0.25) is 10.1 Å².